The monoisotopic (exact) mass is 307 g/mol. The molecule has 116 valence electrons. The van der Waals surface area contributed by atoms with Gasteiger partial charge in [0.15, 0.2) is 0 Å². The van der Waals surface area contributed by atoms with Gasteiger partial charge in [-0.05, 0) is 50.6 Å². The average molecular weight is 308 g/mol. The molecule has 2 atom stereocenters. The summed E-state index contributed by atoms with van der Waals surface area (Å²) in [5, 5.41) is 0.800. The second-order valence-corrected chi connectivity index (χ2v) is 7.02. The van der Waals surface area contributed by atoms with Crippen LogP contribution in [-0.4, -0.2) is 48.1 Å². The Bertz CT molecular complexity index is 475. The van der Waals surface area contributed by atoms with Crippen molar-refractivity contribution >= 4 is 11.6 Å². The van der Waals surface area contributed by atoms with Crippen LogP contribution in [0.2, 0.25) is 5.02 Å². The molecule has 0 spiro atoms. The van der Waals surface area contributed by atoms with Gasteiger partial charge in [-0.15, -0.1) is 0 Å². The lowest BCUT2D eigenvalue weighted by Crippen LogP contribution is -2.60. The number of fused-ring (bicyclic) bond motifs is 1. The summed E-state index contributed by atoms with van der Waals surface area (Å²) in [6.45, 7) is 4.14. The third-order valence-corrected chi connectivity index (χ3v) is 5.76. The fraction of sp³-hybridized carbons (Fsp3) is 0.647. The predicted octanol–water partition coefficient (Wildman–Crippen LogP) is 2.73. The van der Waals surface area contributed by atoms with Gasteiger partial charge in [0.2, 0.25) is 0 Å². The lowest BCUT2D eigenvalue weighted by atomic mass is 9.84. The summed E-state index contributed by atoms with van der Waals surface area (Å²) in [6.07, 6.45) is 5.18. The van der Waals surface area contributed by atoms with E-state index in [1.165, 1.54) is 44.3 Å². The Kier molecular flexibility index (Phi) is 4.55. The molecule has 21 heavy (non-hydrogen) atoms. The Balaban J connectivity index is 1.77. The van der Waals surface area contributed by atoms with Crippen molar-refractivity contribution in [2.45, 2.75) is 43.8 Å². The van der Waals surface area contributed by atoms with Crippen molar-refractivity contribution in [2.24, 2.45) is 5.73 Å². The van der Waals surface area contributed by atoms with E-state index in [0.717, 1.165) is 18.1 Å². The zero-order valence-corrected chi connectivity index (χ0v) is 13.6. The molecule has 2 saturated heterocycles. The molecule has 0 amide bonds. The highest BCUT2D eigenvalue weighted by Gasteiger charge is 2.49. The second kappa shape index (κ2) is 6.25. The summed E-state index contributed by atoms with van der Waals surface area (Å²) in [6, 6.07) is 8.82. The van der Waals surface area contributed by atoms with E-state index >= 15 is 0 Å². The number of hydrogen-bond donors (Lipinski definition) is 1. The normalized spacial score (nSPS) is 29.8. The highest BCUT2D eigenvalue weighted by Crippen LogP contribution is 2.38. The third kappa shape index (κ3) is 2.85. The molecule has 3 nitrogen and oxygen atoms in total. The molecule has 0 radical (unpaired) electrons. The van der Waals surface area contributed by atoms with Crippen LogP contribution in [-0.2, 0) is 6.54 Å². The maximum absolute atomic E-state index is 6.27. The van der Waals surface area contributed by atoms with Crippen molar-refractivity contribution in [3.8, 4) is 0 Å². The SMILES string of the molecule is CN(Cc1ccc(Cl)cc1)C1(CN)CCN2CCCCC21. The van der Waals surface area contributed by atoms with Crippen molar-refractivity contribution < 1.29 is 0 Å². The van der Waals surface area contributed by atoms with Crippen molar-refractivity contribution in [2.75, 3.05) is 26.7 Å². The Labute approximate surface area is 133 Å². The van der Waals surface area contributed by atoms with Gasteiger partial charge in [-0.25, -0.2) is 0 Å². The van der Waals surface area contributed by atoms with E-state index in [0.29, 0.717) is 6.04 Å². The van der Waals surface area contributed by atoms with Crippen molar-refractivity contribution in [3.63, 3.8) is 0 Å². The minimum Gasteiger partial charge on any atom is -0.329 e. The fourth-order valence-electron chi connectivity index (χ4n) is 4.23. The minimum atomic E-state index is 0.139. The molecule has 4 heteroatoms. The molecule has 2 fully saturated rings. The zero-order chi connectivity index (χ0) is 14.9. The number of benzene rings is 1. The maximum atomic E-state index is 6.27. The van der Waals surface area contributed by atoms with Crippen LogP contribution in [0, 0.1) is 0 Å². The van der Waals surface area contributed by atoms with Crippen LogP contribution in [0.3, 0.4) is 0 Å². The molecule has 0 bridgehead atoms. The van der Waals surface area contributed by atoms with Crippen LogP contribution in [0.4, 0.5) is 0 Å². The van der Waals surface area contributed by atoms with Gasteiger partial charge >= 0.3 is 0 Å². The molecule has 2 N–H and O–H groups in total. The van der Waals surface area contributed by atoms with E-state index in [4.69, 9.17) is 17.3 Å². The van der Waals surface area contributed by atoms with Crippen LogP contribution in [0.1, 0.15) is 31.2 Å². The summed E-state index contributed by atoms with van der Waals surface area (Å²) in [7, 11) is 2.24. The van der Waals surface area contributed by atoms with Crippen LogP contribution < -0.4 is 5.73 Å². The second-order valence-electron chi connectivity index (χ2n) is 6.59. The Morgan fingerprint density at radius 3 is 2.76 bits per heavy atom. The van der Waals surface area contributed by atoms with E-state index in [9.17, 15) is 0 Å². The summed E-state index contributed by atoms with van der Waals surface area (Å²) in [5.74, 6) is 0. The molecule has 2 aliphatic heterocycles. The Morgan fingerprint density at radius 2 is 2.05 bits per heavy atom. The number of piperidine rings is 1. The topological polar surface area (TPSA) is 32.5 Å². The Hall–Kier alpha value is -0.610. The first-order valence-electron chi connectivity index (χ1n) is 8.05. The van der Waals surface area contributed by atoms with E-state index in [1.807, 2.05) is 12.1 Å². The molecule has 2 unspecified atom stereocenters. The molecule has 0 saturated carbocycles. The smallest absolute Gasteiger partial charge is 0.0499 e. The van der Waals surface area contributed by atoms with Gasteiger partial charge in [0.05, 0.1) is 0 Å². The quantitative estimate of drug-likeness (QED) is 0.928. The van der Waals surface area contributed by atoms with Gasteiger partial charge < -0.3 is 5.73 Å². The third-order valence-electron chi connectivity index (χ3n) is 5.51. The van der Waals surface area contributed by atoms with E-state index < -0.39 is 0 Å². The fourth-order valence-corrected chi connectivity index (χ4v) is 4.36. The molecule has 2 aliphatic rings. The number of rotatable bonds is 4. The molecular formula is C17H26ClN3. The Morgan fingerprint density at radius 1 is 1.29 bits per heavy atom. The summed E-state index contributed by atoms with van der Waals surface area (Å²) in [5.41, 5.74) is 7.71. The number of nitrogens with zero attached hydrogens (tertiary/aromatic N) is 2. The first-order chi connectivity index (χ1) is 10.2. The van der Waals surface area contributed by atoms with E-state index in [1.54, 1.807) is 0 Å². The van der Waals surface area contributed by atoms with E-state index in [2.05, 4.69) is 29.0 Å². The minimum absolute atomic E-state index is 0.139. The maximum Gasteiger partial charge on any atom is 0.0499 e. The number of hydrogen-bond acceptors (Lipinski definition) is 3. The van der Waals surface area contributed by atoms with Gasteiger partial charge in [-0.1, -0.05) is 30.2 Å². The van der Waals surface area contributed by atoms with Crippen molar-refractivity contribution in [3.05, 3.63) is 34.9 Å². The first kappa shape index (κ1) is 15.3. The molecular weight excluding hydrogens is 282 g/mol. The van der Waals surface area contributed by atoms with Gasteiger partial charge in [-0.2, -0.15) is 0 Å². The van der Waals surface area contributed by atoms with E-state index in [-0.39, 0.29) is 5.54 Å². The van der Waals surface area contributed by atoms with Gasteiger partial charge in [0.1, 0.15) is 0 Å². The van der Waals surface area contributed by atoms with Crippen molar-refractivity contribution in [1.82, 2.24) is 9.80 Å². The summed E-state index contributed by atoms with van der Waals surface area (Å²) in [4.78, 5) is 5.15. The van der Waals surface area contributed by atoms with Gasteiger partial charge in [-0.3, -0.25) is 9.80 Å². The average Bonchev–Trinajstić information content (AvgIpc) is 2.90. The highest BCUT2D eigenvalue weighted by atomic mass is 35.5. The number of halogens is 1. The predicted molar refractivity (Wildman–Crippen MR) is 88.5 cm³/mol. The first-order valence-corrected chi connectivity index (χ1v) is 8.43. The lowest BCUT2D eigenvalue weighted by Gasteiger charge is -2.46. The molecule has 0 aliphatic carbocycles. The van der Waals surface area contributed by atoms with Crippen LogP contribution in [0.15, 0.2) is 24.3 Å². The van der Waals surface area contributed by atoms with Crippen LogP contribution in [0.25, 0.3) is 0 Å². The molecule has 1 aromatic rings. The standard InChI is InChI=1S/C17H26ClN3/c1-20(12-14-5-7-15(18)8-6-14)17(13-19)9-11-21-10-3-2-4-16(17)21/h5-8,16H,2-4,9-13,19H2,1H3. The van der Waals surface area contributed by atoms with Crippen molar-refractivity contribution in [1.29, 1.82) is 0 Å². The van der Waals surface area contributed by atoms with Crippen LogP contribution in [0.5, 0.6) is 0 Å². The van der Waals surface area contributed by atoms with Crippen LogP contribution >= 0.6 is 11.6 Å². The molecule has 3 rings (SSSR count). The highest BCUT2D eigenvalue weighted by molar-refractivity contribution is 6.30. The molecule has 1 aromatic carbocycles. The largest absolute Gasteiger partial charge is 0.329 e. The number of nitrogens with two attached hydrogens (primary N) is 1. The summed E-state index contributed by atoms with van der Waals surface area (Å²) >= 11 is 5.98. The lowest BCUT2D eigenvalue weighted by molar-refractivity contribution is 0.0512. The summed E-state index contributed by atoms with van der Waals surface area (Å²) < 4.78 is 0. The molecule has 2 heterocycles. The zero-order valence-electron chi connectivity index (χ0n) is 12.9. The number of likely N-dealkylation sites (N-methyl/N-ethyl adjacent to an activating group) is 1. The molecule has 0 aromatic heterocycles. The van der Waals surface area contributed by atoms with Gasteiger partial charge in [0.25, 0.3) is 0 Å². The van der Waals surface area contributed by atoms with Gasteiger partial charge in [0, 0.05) is 36.2 Å².